The summed E-state index contributed by atoms with van der Waals surface area (Å²) < 4.78 is 0. The van der Waals surface area contributed by atoms with E-state index in [1.165, 1.54) is 0 Å². The van der Waals surface area contributed by atoms with E-state index in [0.717, 1.165) is 45.1 Å². The molecular weight excluding hydrogens is 166 g/mol. The van der Waals surface area contributed by atoms with Gasteiger partial charge < -0.3 is 9.69 Å². The van der Waals surface area contributed by atoms with E-state index in [9.17, 15) is 9.59 Å². The molecule has 0 saturated carbocycles. The summed E-state index contributed by atoms with van der Waals surface area (Å²) in [7, 11) is 0. The van der Waals surface area contributed by atoms with E-state index < -0.39 is 0 Å². The molecule has 1 fully saturated rings. The van der Waals surface area contributed by atoms with Crippen molar-refractivity contribution in [3.63, 3.8) is 0 Å². The fraction of sp³-hybridized carbons (Fsp3) is 0.800. The second-order valence-corrected chi connectivity index (χ2v) is 3.50. The Morgan fingerprint density at radius 1 is 1.23 bits per heavy atom. The van der Waals surface area contributed by atoms with E-state index in [2.05, 4.69) is 0 Å². The molecule has 0 spiro atoms. The summed E-state index contributed by atoms with van der Waals surface area (Å²) in [4.78, 5) is 23.4. The molecule has 3 heteroatoms. The molecule has 1 aliphatic rings. The van der Waals surface area contributed by atoms with Crippen LogP contribution in [0.2, 0.25) is 0 Å². The number of carbonyl (C=O) groups excluding carboxylic acids is 2. The highest BCUT2D eigenvalue weighted by molar-refractivity contribution is 5.76. The van der Waals surface area contributed by atoms with Crippen molar-refractivity contribution in [3.8, 4) is 0 Å². The summed E-state index contributed by atoms with van der Waals surface area (Å²) in [5.41, 5.74) is 0. The van der Waals surface area contributed by atoms with Crippen LogP contribution in [0.4, 0.5) is 0 Å². The number of likely N-dealkylation sites (tertiary alicyclic amines) is 1. The number of unbranched alkanes of at least 4 members (excludes halogenated alkanes) is 2. The van der Waals surface area contributed by atoms with Crippen LogP contribution in [0.25, 0.3) is 0 Å². The van der Waals surface area contributed by atoms with Gasteiger partial charge in [0.15, 0.2) is 0 Å². The lowest BCUT2D eigenvalue weighted by atomic mass is 10.2. The first-order chi connectivity index (χ1) is 6.34. The van der Waals surface area contributed by atoms with E-state index in [4.69, 9.17) is 0 Å². The standard InChI is InChI=1S/C10H17NO2/c12-9-5-1-2-6-10(13)11-7-3-4-8-11/h9H,1-8H2. The molecule has 0 aromatic heterocycles. The molecule has 0 N–H and O–H groups in total. The summed E-state index contributed by atoms with van der Waals surface area (Å²) in [5.74, 6) is 0.267. The Kier molecular flexibility index (Phi) is 4.50. The maximum atomic E-state index is 11.4. The highest BCUT2D eigenvalue weighted by Gasteiger charge is 2.16. The fourth-order valence-corrected chi connectivity index (χ4v) is 1.63. The summed E-state index contributed by atoms with van der Waals surface area (Å²) in [6.07, 6.45) is 6.14. The monoisotopic (exact) mass is 183 g/mol. The topological polar surface area (TPSA) is 37.4 Å². The molecular formula is C10H17NO2. The predicted octanol–water partition coefficient (Wildman–Crippen LogP) is 1.37. The normalized spacial score (nSPS) is 16.2. The van der Waals surface area contributed by atoms with Gasteiger partial charge in [0.2, 0.25) is 5.91 Å². The molecule has 0 unspecified atom stereocenters. The minimum atomic E-state index is 0.267. The van der Waals surface area contributed by atoms with E-state index in [-0.39, 0.29) is 5.91 Å². The van der Waals surface area contributed by atoms with Gasteiger partial charge in [-0.1, -0.05) is 0 Å². The van der Waals surface area contributed by atoms with Crippen LogP contribution in [0.3, 0.4) is 0 Å². The van der Waals surface area contributed by atoms with Crippen LogP contribution in [0.1, 0.15) is 38.5 Å². The number of aldehydes is 1. The molecule has 0 bridgehead atoms. The number of rotatable bonds is 5. The first-order valence-corrected chi connectivity index (χ1v) is 5.06. The van der Waals surface area contributed by atoms with E-state index in [1.807, 2.05) is 4.90 Å². The van der Waals surface area contributed by atoms with Crippen LogP contribution >= 0.6 is 0 Å². The molecule has 74 valence electrons. The van der Waals surface area contributed by atoms with Gasteiger partial charge in [-0.3, -0.25) is 4.79 Å². The third-order valence-corrected chi connectivity index (χ3v) is 2.42. The average molecular weight is 183 g/mol. The lowest BCUT2D eigenvalue weighted by molar-refractivity contribution is -0.130. The lowest BCUT2D eigenvalue weighted by Crippen LogP contribution is -2.27. The Bertz CT molecular complexity index is 174. The van der Waals surface area contributed by atoms with E-state index >= 15 is 0 Å². The van der Waals surface area contributed by atoms with Crippen molar-refractivity contribution in [2.24, 2.45) is 0 Å². The van der Waals surface area contributed by atoms with Crippen LogP contribution in [-0.4, -0.2) is 30.2 Å². The Hall–Kier alpha value is -0.860. The Labute approximate surface area is 79.1 Å². The highest BCUT2D eigenvalue weighted by Crippen LogP contribution is 2.10. The van der Waals surface area contributed by atoms with Gasteiger partial charge in [0.25, 0.3) is 0 Å². The molecule has 1 heterocycles. The van der Waals surface area contributed by atoms with E-state index in [1.54, 1.807) is 0 Å². The first-order valence-electron chi connectivity index (χ1n) is 5.06. The molecule has 13 heavy (non-hydrogen) atoms. The SMILES string of the molecule is O=CCCCCC(=O)N1CCCC1. The minimum absolute atomic E-state index is 0.267. The molecule has 0 aromatic rings. The molecule has 3 nitrogen and oxygen atoms in total. The van der Waals surface area contributed by atoms with Gasteiger partial charge in [0, 0.05) is 25.9 Å². The number of amides is 1. The maximum absolute atomic E-state index is 11.4. The van der Waals surface area contributed by atoms with Gasteiger partial charge in [-0.25, -0.2) is 0 Å². The fourth-order valence-electron chi connectivity index (χ4n) is 1.63. The number of hydrogen-bond acceptors (Lipinski definition) is 2. The Balaban J connectivity index is 2.06. The van der Waals surface area contributed by atoms with E-state index in [0.29, 0.717) is 12.8 Å². The van der Waals surface area contributed by atoms with Crippen LogP contribution in [-0.2, 0) is 9.59 Å². The van der Waals surface area contributed by atoms with Crippen molar-refractivity contribution < 1.29 is 9.59 Å². The third kappa shape index (κ3) is 3.57. The number of hydrogen-bond donors (Lipinski definition) is 0. The molecule has 1 saturated heterocycles. The molecule has 1 rings (SSSR count). The van der Waals surface area contributed by atoms with Crippen molar-refractivity contribution in [1.82, 2.24) is 4.90 Å². The summed E-state index contributed by atoms with van der Waals surface area (Å²) >= 11 is 0. The minimum Gasteiger partial charge on any atom is -0.343 e. The summed E-state index contributed by atoms with van der Waals surface area (Å²) in [6, 6.07) is 0. The van der Waals surface area contributed by atoms with Crippen molar-refractivity contribution in [2.45, 2.75) is 38.5 Å². The predicted molar refractivity (Wildman–Crippen MR) is 50.3 cm³/mol. The largest absolute Gasteiger partial charge is 0.343 e. The Morgan fingerprint density at radius 3 is 2.54 bits per heavy atom. The van der Waals surface area contributed by atoms with Gasteiger partial charge in [-0.05, 0) is 25.7 Å². The number of nitrogens with zero attached hydrogens (tertiary/aromatic N) is 1. The first kappa shape index (κ1) is 10.2. The number of carbonyl (C=O) groups is 2. The molecule has 0 aromatic carbocycles. The van der Waals surface area contributed by atoms with Crippen molar-refractivity contribution in [3.05, 3.63) is 0 Å². The molecule has 0 radical (unpaired) electrons. The quantitative estimate of drug-likeness (QED) is 0.477. The second kappa shape index (κ2) is 5.73. The summed E-state index contributed by atoms with van der Waals surface area (Å²) in [6.45, 7) is 1.87. The zero-order valence-corrected chi connectivity index (χ0v) is 8.00. The van der Waals surface area contributed by atoms with Crippen molar-refractivity contribution >= 4 is 12.2 Å². The van der Waals surface area contributed by atoms with Crippen LogP contribution in [0.15, 0.2) is 0 Å². The molecule has 1 aliphatic heterocycles. The highest BCUT2D eigenvalue weighted by atomic mass is 16.2. The van der Waals surface area contributed by atoms with Crippen LogP contribution in [0.5, 0.6) is 0 Å². The summed E-state index contributed by atoms with van der Waals surface area (Å²) in [5, 5.41) is 0. The third-order valence-electron chi connectivity index (χ3n) is 2.42. The maximum Gasteiger partial charge on any atom is 0.222 e. The smallest absolute Gasteiger partial charge is 0.222 e. The van der Waals surface area contributed by atoms with Crippen molar-refractivity contribution in [2.75, 3.05) is 13.1 Å². The molecule has 0 atom stereocenters. The van der Waals surface area contributed by atoms with Crippen LogP contribution < -0.4 is 0 Å². The van der Waals surface area contributed by atoms with Crippen molar-refractivity contribution in [1.29, 1.82) is 0 Å². The Morgan fingerprint density at radius 2 is 1.92 bits per heavy atom. The van der Waals surface area contributed by atoms with Gasteiger partial charge in [-0.2, -0.15) is 0 Å². The zero-order chi connectivity index (χ0) is 9.52. The molecule has 0 aliphatic carbocycles. The zero-order valence-electron chi connectivity index (χ0n) is 8.00. The van der Waals surface area contributed by atoms with Gasteiger partial charge >= 0.3 is 0 Å². The van der Waals surface area contributed by atoms with Gasteiger partial charge in [0.1, 0.15) is 6.29 Å². The average Bonchev–Trinajstić information content (AvgIpc) is 2.65. The second-order valence-electron chi connectivity index (χ2n) is 3.50. The lowest BCUT2D eigenvalue weighted by Gasteiger charge is -2.14. The van der Waals surface area contributed by atoms with Crippen LogP contribution in [0, 0.1) is 0 Å². The van der Waals surface area contributed by atoms with Gasteiger partial charge in [-0.15, -0.1) is 0 Å². The molecule has 1 amide bonds. The van der Waals surface area contributed by atoms with Gasteiger partial charge in [0.05, 0.1) is 0 Å².